The summed E-state index contributed by atoms with van der Waals surface area (Å²) in [7, 11) is 0. The minimum Gasteiger partial charge on any atom is -0.399 e. The zero-order valence-corrected chi connectivity index (χ0v) is 13.1. The van der Waals surface area contributed by atoms with E-state index < -0.39 is 5.91 Å². The van der Waals surface area contributed by atoms with Crippen molar-refractivity contribution in [1.82, 2.24) is 9.97 Å². The quantitative estimate of drug-likeness (QED) is 0.644. The van der Waals surface area contributed by atoms with E-state index in [1.54, 1.807) is 18.2 Å². The zero-order valence-electron chi connectivity index (χ0n) is 13.1. The van der Waals surface area contributed by atoms with Crippen molar-refractivity contribution < 1.29 is 4.79 Å². The van der Waals surface area contributed by atoms with Crippen LogP contribution in [-0.2, 0) is 0 Å². The van der Waals surface area contributed by atoms with E-state index in [0.29, 0.717) is 22.5 Å². The highest BCUT2D eigenvalue weighted by atomic mass is 16.1. The van der Waals surface area contributed by atoms with Crippen LogP contribution in [0.1, 0.15) is 24.3 Å². The van der Waals surface area contributed by atoms with Crippen LogP contribution >= 0.6 is 0 Å². The van der Waals surface area contributed by atoms with E-state index in [4.69, 9.17) is 11.5 Å². The number of hydrogen-bond acceptors (Lipinski definition) is 5. The number of primary amides is 1. The van der Waals surface area contributed by atoms with Crippen LogP contribution in [0.3, 0.4) is 0 Å². The molecule has 1 aromatic heterocycles. The molecular weight excluding hydrogens is 290 g/mol. The fourth-order valence-corrected chi connectivity index (χ4v) is 1.99. The number of para-hydroxylation sites is 1. The maximum atomic E-state index is 11.6. The van der Waals surface area contributed by atoms with Gasteiger partial charge in [0.15, 0.2) is 11.5 Å². The first-order valence-corrected chi connectivity index (χ1v) is 7.32. The molecule has 0 aliphatic rings. The van der Waals surface area contributed by atoms with Crippen LogP contribution in [0.15, 0.2) is 48.5 Å². The SMILES string of the molecule is CC.NC(=O)c1nc2ccc(N)cc2nc1Nc1ccccc1. The van der Waals surface area contributed by atoms with Crippen LogP contribution in [0.4, 0.5) is 17.2 Å². The van der Waals surface area contributed by atoms with Gasteiger partial charge in [-0.05, 0) is 30.3 Å². The molecule has 0 aliphatic heterocycles. The van der Waals surface area contributed by atoms with Crippen molar-refractivity contribution in [2.24, 2.45) is 5.73 Å². The van der Waals surface area contributed by atoms with Crippen molar-refractivity contribution in [2.75, 3.05) is 11.1 Å². The monoisotopic (exact) mass is 309 g/mol. The van der Waals surface area contributed by atoms with Crippen LogP contribution < -0.4 is 16.8 Å². The Morgan fingerprint density at radius 2 is 1.70 bits per heavy atom. The van der Waals surface area contributed by atoms with Gasteiger partial charge in [-0.3, -0.25) is 4.79 Å². The van der Waals surface area contributed by atoms with E-state index in [-0.39, 0.29) is 5.69 Å². The second kappa shape index (κ2) is 7.22. The standard InChI is InChI=1S/C15H13N5O.C2H6/c16-9-6-7-11-12(8-9)20-15(13(19-11)14(17)21)18-10-4-2-1-3-5-10;1-2/h1-8H,16H2,(H2,17,21)(H,18,20);1-2H3. The van der Waals surface area contributed by atoms with Crippen LogP contribution in [0, 0.1) is 0 Å². The highest BCUT2D eigenvalue weighted by Gasteiger charge is 2.14. The highest BCUT2D eigenvalue weighted by molar-refractivity contribution is 5.98. The van der Waals surface area contributed by atoms with E-state index in [1.165, 1.54) is 0 Å². The van der Waals surface area contributed by atoms with Crippen molar-refractivity contribution in [2.45, 2.75) is 13.8 Å². The molecule has 0 saturated carbocycles. The lowest BCUT2D eigenvalue weighted by Crippen LogP contribution is -2.16. The predicted molar refractivity (Wildman–Crippen MR) is 93.5 cm³/mol. The number of nitrogens with one attached hydrogen (secondary N) is 1. The number of anilines is 3. The summed E-state index contributed by atoms with van der Waals surface area (Å²) in [6, 6.07) is 14.5. The molecule has 1 amide bonds. The first-order valence-electron chi connectivity index (χ1n) is 7.32. The van der Waals surface area contributed by atoms with E-state index in [2.05, 4.69) is 15.3 Å². The van der Waals surface area contributed by atoms with Crippen molar-refractivity contribution in [3.63, 3.8) is 0 Å². The molecule has 1 heterocycles. The van der Waals surface area contributed by atoms with Crippen molar-refractivity contribution in [1.29, 1.82) is 0 Å². The van der Waals surface area contributed by atoms with Crippen molar-refractivity contribution in [3.05, 3.63) is 54.2 Å². The minimum atomic E-state index is -0.639. The van der Waals surface area contributed by atoms with E-state index in [1.807, 2.05) is 44.2 Å². The average molecular weight is 309 g/mol. The number of nitrogen functional groups attached to an aromatic ring is 1. The van der Waals surface area contributed by atoms with Gasteiger partial charge in [0, 0.05) is 11.4 Å². The Morgan fingerprint density at radius 3 is 2.35 bits per heavy atom. The molecule has 0 aliphatic carbocycles. The van der Waals surface area contributed by atoms with Gasteiger partial charge in [0.25, 0.3) is 5.91 Å². The Labute approximate surface area is 134 Å². The van der Waals surface area contributed by atoms with E-state index in [9.17, 15) is 4.79 Å². The van der Waals surface area contributed by atoms with E-state index >= 15 is 0 Å². The third-order valence-electron chi connectivity index (χ3n) is 2.96. The number of aromatic nitrogens is 2. The molecule has 0 saturated heterocycles. The van der Waals surface area contributed by atoms with Gasteiger partial charge < -0.3 is 16.8 Å². The molecule has 5 N–H and O–H groups in total. The third-order valence-corrected chi connectivity index (χ3v) is 2.96. The lowest BCUT2D eigenvalue weighted by molar-refractivity contribution is 0.0996. The molecule has 2 aromatic carbocycles. The Kier molecular flexibility index (Phi) is 5.09. The number of nitrogens with zero attached hydrogens (tertiary/aromatic N) is 2. The number of fused-ring (bicyclic) bond motifs is 1. The van der Waals surface area contributed by atoms with Gasteiger partial charge in [-0.2, -0.15) is 0 Å². The molecule has 0 unspecified atom stereocenters. The summed E-state index contributed by atoms with van der Waals surface area (Å²) >= 11 is 0. The molecule has 23 heavy (non-hydrogen) atoms. The number of carbonyl (C=O) groups excluding carboxylic acids is 1. The topological polar surface area (TPSA) is 107 Å². The third kappa shape index (κ3) is 3.74. The number of hydrogen-bond donors (Lipinski definition) is 3. The molecule has 3 rings (SSSR count). The normalized spacial score (nSPS) is 9.83. The number of nitrogens with two attached hydrogens (primary N) is 2. The molecule has 0 fully saturated rings. The minimum absolute atomic E-state index is 0.0936. The van der Waals surface area contributed by atoms with Gasteiger partial charge in [0.05, 0.1) is 11.0 Å². The first-order chi connectivity index (χ1) is 11.1. The molecule has 0 radical (unpaired) electrons. The molecule has 0 spiro atoms. The molecule has 0 atom stereocenters. The summed E-state index contributed by atoms with van der Waals surface area (Å²) in [6.07, 6.45) is 0. The fraction of sp³-hybridized carbons (Fsp3) is 0.118. The van der Waals surface area contributed by atoms with Crippen LogP contribution in [0.25, 0.3) is 11.0 Å². The molecule has 6 nitrogen and oxygen atoms in total. The average Bonchev–Trinajstić information content (AvgIpc) is 2.56. The van der Waals surface area contributed by atoms with Gasteiger partial charge in [-0.25, -0.2) is 9.97 Å². The lowest BCUT2D eigenvalue weighted by atomic mass is 10.2. The summed E-state index contributed by atoms with van der Waals surface area (Å²) in [4.78, 5) is 20.2. The second-order valence-electron chi connectivity index (χ2n) is 4.52. The second-order valence-corrected chi connectivity index (χ2v) is 4.52. The molecule has 3 aromatic rings. The first kappa shape index (κ1) is 16.2. The number of carbonyl (C=O) groups is 1. The summed E-state index contributed by atoms with van der Waals surface area (Å²) in [5.41, 5.74) is 13.8. The predicted octanol–water partition coefficient (Wildman–Crippen LogP) is 3.08. The maximum absolute atomic E-state index is 11.6. The van der Waals surface area contributed by atoms with Crippen LogP contribution in [0.5, 0.6) is 0 Å². The van der Waals surface area contributed by atoms with Gasteiger partial charge in [0.1, 0.15) is 0 Å². The number of rotatable bonds is 3. The van der Waals surface area contributed by atoms with Crippen LogP contribution in [-0.4, -0.2) is 15.9 Å². The Morgan fingerprint density at radius 1 is 1.00 bits per heavy atom. The molecule has 0 bridgehead atoms. The van der Waals surface area contributed by atoms with Gasteiger partial charge in [-0.15, -0.1) is 0 Å². The smallest absolute Gasteiger partial charge is 0.271 e. The number of amides is 1. The lowest BCUT2D eigenvalue weighted by Gasteiger charge is -2.10. The summed E-state index contributed by atoms with van der Waals surface area (Å²) in [6.45, 7) is 4.00. The summed E-state index contributed by atoms with van der Waals surface area (Å²) in [5.74, 6) is -0.327. The molecular formula is C17H19N5O. The Hall–Kier alpha value is -3.15. The fourth-order valence-electron chi connectivity index (χ4n) is 1.99. The van der Waals surface area contributed by atoms with Crippen molar-refractivity contribution >= 4 is 34.1 Å². The van der Waals surface area contributed by atoms with Gasteiger partial charge in [0.2, 0.25) is 0 Å². The van der Waals surface area contributed by atoms with Gasteiger partial charge >= 0.3 is 0 Å². The maximum Gasteiger partial charge on any atom is 0.271 e. The summed E-state index contributed by atoms with van der Waals surface area (Å²) in [5, 5.41) is 3.05. The van der Waals surface area contributed by atoms with E-state index in [0.717, 1.165) is 5.69 Å². The molecule has 118 valence electrons. The number of benzene rings is 2. The van der Waals surface area contributed by atoms with Gasteiger partial charge in [-0.1, -0.05) is 32.0 Å². The molecule has 6 heteroatoms. The Bertz CT molecular complexity index is 818. The van der Waals surface area contributed by atoms with Crippen LogP contribution in [0.2, 0.25) is 0 Å². The Balaban J connectivity index is 0.000000924. The highest BCUT2D eigenvalue weighted by Crippen LogP contribution is 2.22. The largest absolute Gasteiger partial charge is 0.399 e. The van der Waals surface area contributed by atoms with Crippen molar-refractivity contribution in [3.8, 4) is 0 Å². The zero-order chi connectivity index (χ0) is 16.8. The summed E-state index contributed by atoms with van der Waals surface area (Å²) < 4.78 is 0.